The Morgan fingerprint density at radius 3 is 2.41 bits per heavy atom. The molecule has 0 unspecified atom stereocenters. The number of nitrogens with one attached hydrogen (secondary N) is 2. The maximum Gasteiger partial charge on any atom is 0.159 e. The van der Waals surface area contributed by atoms with Crippen molar-refractivity contribution in [1.29, 1.82) is 0 Å². The molecule has 0 aliphatic rings. The SMILES string of the molecule is CCCCOc1ccc(Nc2ncnc(Nc3ccccc3Br)c2N)cc1. The van der Waals surface area contributed by atoms with Crippen LogP contribution in [-0.4, -0.2) is 16.6 Å². The number of ether oxygens (including phenoxy) is 1. The van der Waals surface area contributed by atoms with E-state index in [-0.39, 0.29) is 0 Å². The lowest BCUT2D eigenvalue weighted by molar-refractivity contribution is 0.309. The summed E-state index contributed by atoms with van der Waals surface area (Å²) in [5, 5.41) is 6.45. The Labute approximate surface area is 167 Å². The van der Waals surface area contributed by atoms with E-state index in [1.54, 1.807) is 0 Å². The van der Waals surface area contributed by atoms with Gasteiger partial charge in [0.15, 0.2) is 11.6 Å². The van der Waals surface area contributed by atoms with Crippen LogP contribution in [0, 0.1) is 0 Å². The van der Waals surface area contributed by atoms with Crippen LogP contribution >= 0.6 is 15.9 Å². The first-order valence-corrected chi connectivity index (χ1v) is 9.58. The molecule has 7 heteroatoms. The second-order valence-corrected chi connectivity index (χ2v) is 6.80. The molecule has 27 heavy (non-hydrogen) atoms. The number of halogens is 1. The van der Waals surface area contributed by atoms with E-state index in [0.29, 0.717) is 17.3 Å². The zero-order valence-electron chi connectivity index (χ0n) is 15.1. The molecule has 0 bridgehead atoms. The summed E-state index contributed by atoms with van der Waals surface area (Å²) in [7, 11) is 0. The number of anilines is 5. The first-order valence-electron chi connectivity index (χ1n) is 8.79. The van der Waals surface area contributed by atoms with Crippen molar-refractivity contribution in [1.82, 2.24) is 9.97 Å². The molecule has 0 saturated heterocycles. The molecule has 140 valence electrons. The molecule has 0 aliphatic carbocycles. The van der Waals surface area contributed by atoms with Crippen LogP contribution in [-0.2, 0) is 0 Å². The molecular weight excluding hydrogens is 406 g/mol. The highest BCUT2D eigenvalue weighted by molar-refractivity contribution is 9.10. The van der Waals surface area contributed by atoms with Gasteiger partial charge in [0.05, 0.1) is 12.3 Å². The molecule has 0 spiro atoms. The lowest BCUT2D eigenvalue weighted by atomic mass is 10.3. The van der Waals surface area contributed by atoms with Crippen molar-refractivity contribution in [2.75, 3.05) is 23.0 Å². The number of para-hydroxylation sites is 1. The summed E-state index contributed by atoms with van der Waals surface area (Å²) in [6.07, 6.45) is 3.63. The van der Waals surface area contributed by atoms with E-state index in [2.05, 4.69) is 43.5 Å². The normalized spacial score (nSPS) is 10.4. The van der Waals surface area contributed by atoms with Crippen LogP contribution in [0.5, 0.6) is 5.75 Å². The van der Waals surface area contributed by atoms with Gasteiger partial charge < -0.3 is 21.1 Å². The summed E-state index contributed by atoms with van der Waals surface area (Å²) in [4.78, 5) is 8.50. The van der Waals surface area contributed by atoms with E-state index in [0.717, 1.165) is 41.0 Å². The van der Waals surface area contributed by atoms with Gasteiger partial charge in [-0.1, -0.05) is 25.5 Å². The van der Waals surface area contributed by atoms with Gasteiger partial charge in [-0.15, -0.1) is 0 Å². The highest BCUT2D eigenvalue weighted by Gasteiger charge is 2.10. The number of benzene rings is 2. The third kappa shape index (κ3) is 5.10. The van der Waals surface area contributed by atoms with Crippen LogP contribution < -0.4 is 21.1 Å². The van der Waals surface area contributed by atoms with Crippen LogP contribution in [0.4, 0.5) is 28.7 Å². The Hall–Kier alpha value is -2.80. The van der Waals surface area contributed by atoms with Gasteiger partial charge in [0.1, 0.15) is 17.8 Å². The highest BCUT2D eigenvalue weighted by Crippen LogP contribution is 2.31. The van der Waals surface area contributed by atoms with Crippen molar-refractivity contribution in [3.63, 3.8) is 0 Å². The molecule has 6 nitrogen and oxygen atoms in total. The second-order valence-electron chi connectivity index (χ2n) is 5.94. The maximum absolute atomic E-state index is 6.25. The van der Waals surface area contributed by atoms with Crippen molar-refractivity contribution in [3.8, 4) is 5.75 Å². The summed E-state index contributed by atoms with van der Waals surface area (Å²) in [5.41, 5.74) is 8.44. The van der Waals surface area contributed by atoms with Crippen LogP contribution in [0.1, 0.15) is 19.8 Å². The minimum atomic E-state index is 0.441. The largest absolute Gasteiger partial charge is 0.494 e. The number of aromatic nitrogens is 2. The monoisotopic (exact) mass is 427 g/mol. The fourth-order valence-electron chi connectivity index (χ4n) is 2.39. The average Bonchev–Trinajstić information content (AvgIpc) is 2.68. The molecule has 1 heterocycles. The third-order valence-corrected chi connectivity index (χ3v) is 4.59. The van der Waals surface area contributed by atoms with E-state index in [9.17, 15) is 0 Å². The summed E-state index contributed by atoms with van der Waals surface area (Å²) in [6, 6.07) is 15.5. The van der Waals surface area contributed by atoms with Gasteiger partial charge in [0, 0.05) is 10.2 Å². The predicted octanol–water partition coefficient (Wildman–Crippen LogP) is 5.49. The van der Waals surface area contributed by atoms with Gasteiger partial charge in [-0.3, -0.25) is 0 Å². The number of rotatable bonds is 8. The summed E-state index contributed by atoms with van der Waals surface area (Å²) in [5.74, 6) is 1.93. The fraction of sp³-hybridized carbons (Fsp3) is 0.200. The van der Waals surface area contributed by atoms with Crippen molar-refractivity contribution in [2.24, 2.45) is 0 Å². The Morgan fingerprint density at radius 1 is 1.00 bits per heavy atom. The molecular formula is C20H22BrN5O. The molecule has 0 saturated carbocycles. The lowest BCUT2D eigenvalue weighted by Crippen LogP contribution is -2.05. The Kier molecular flexibility index (Phi) is 6.49. The molecule has 1 aromatic heterocycles. The van der Waals surface area contributed by atoms with Crippen molar-refractivity contribution >= 4 is 44.6 Å². The van der Waals surface area contributed by atoms with Gasteiger partial charge in [0.2, 0.25) is 0 Å². The number of hydrogen-bond donors (Lipinski definition) is 3. The average molecular weight is 428 g/mol. The van der Waals surface area contributed by atoms with E-state index < -0.39 is 0 Å². The molecule has 0 fully saturated rings. The number of nitrogens with zero attached hydrogens (tertiary/aromatic N) is 2. The van der Waals surface area contributed by atoms with Crippen molar-refractivity contribution in [3.05, 3.63) is 59.3 Å². The lowest BCUT2D eigenvalue weighted by Gasteiger charge is -2.13. The Balaban J connectivity index is 1.71. The molecule has 0 aliphatic heterocycles. The van der Waals surface area contributed by atoms with Gasteiger partial charge in [-0.2, -0.15) is 0 Å². The molecule has 4 N–H and O–H groups in total. The van der Waals surface area contributed by atoms with E-state index >= 15 is 0 Å². The van der Waals surface area contributed by atoms with Crippen LogP contribution in [0.25, 0.3) is 0 Å². The minimum absolute atomic E-state index is 0.441. The highest BCUT2D eigenvalue weighted by atomic mass is 79.9. The zero-order valence-corrected chi connectivity index (χ0v) is 16.7. The number of unbranched alkanes of at least 4 members (excludes halogenated alkanes) is 1. The maximum atomic E-state index is 6.25. The van der Waals surface area contributed by atoms with Gasteiger partial charge in [-0.05, 0) is 58.7 Å². The first-order chi connectivity index (χ1) is 13.2. The van der Waals surface area contributed by atoms with Crippen LogP contribution in [0.3, 0.4) is 0 Å². The fourth-order valence-corrected chi connectivity index (χ4v) is 2.77. The number of nitrogens with two attached hydrogens (primary N) is 1. The topological polar surface area (TPSA) is 85.1 Å². The molecule has 0 radical (unpaired) electrons. The molecule has 3 aromatic rings. The van der Waals surface area contributed by atoms with Gasteiger partial charge in [0.25, 0.3) is 0 Å². The standard InChI is InChI=1S/C20H22BrN5O/c1-2-3-12-27-15-10-8-14(9-11-15)25-19-18(22)20(24-13-23-19)26-17-7-5-4-6-16(17)21/h4-11,13H,2-3,12,22H2,1H3,(H2,23,24,25,26). The van der Waals surface area contributed by atoms with E-state index in [1.807, 2.05) is 48.5 Å². The van der Waals surface area contributed by atoms with E-state index in [1.165, 1.54) is 6.33 Å². The number of nitrogen functional groups attached to an aromatic ring is 1. The number of hydrogen-bond acceptors (Lipinski definition) is 6. The summed E-state index contributed by atoms with van der Waals surface area (Å²) >= 11 is 3.51. The Morgan fingerprint density at radius 2 is 1.70 bits per heavy atom. The Bertz CT molecular complexity index is 886. The van der Waals surface area contributed by atoms with Crippen LogP contribution in [0.15, 0.2) is 59.3 Å². The van der Waals surface area contributed by atoms with Gasteiger partial charge in [-0.25, -0.2) is 9.97 Å². The predicted molar refractivity (Wildman–Crippen MR) is 114 cm³/mol. The minimum Gasteiger partial charge on any atom is -0.494 e. The quantitative estimate of drug-likeness (QED) is 0.412. The third-order valence-electron chi connectivity index (χ3n) is 3.89. The molecule has 0 atom stereocenters. The first kappa shape index (κ1) is 19.0. The van der Waals surface area contributed by atoms with Gasteiger partial charge >= 0.3 is 0 Å². The molecule has 3 rings (SSSR count). The van der Waals surface area contributed by atoms with E-state index in [4.69, 9.17) is 10.5 Å². The summed E-state index contributed by atoms with van der Waals surface area (Å²) < 4.78 is 6.61. The zero-order chi connectivity index (χ0) is 19.1. The van der Waals surface area contributed by atoms with Crippen LogP contribution in [0.2, 0.25) is 0 Å². The molecule has 0 amide bonds. The molecule has 2 aromatic carbocycles. The van der Waals surface area contributed by atoms with Crippen molar-refractivity contribution < 1.29 is 4.74 Å². The summed E-state index contributed by atoms with van der Waals surface area (Å²) in [6.45, 7) is 2.87. The smallest absolute Gasteiger partial charge is 0.159 e. The second kappa shape index (κ2) is 9.23. The van der Waals surface area contributed by atoms with Crippen molar-refractivity contribution in [2.45, 2.75) is 19.8 Å².